The van der Waals surface area contributed by atoms with E-state index in [1.807, 2.05) is 0 Å². The minimum absolute atomic E-state index is 0.0466. The van der Waals surface area contributed by atoms with E-state index in [1.165, 1.54) is 0 Å². The van der Waals surface area contributed by atoms with Crippen LogP contribution in [0.5, 0.6) is 0 Å². The van der Waals surface area contributed by atoms with Crippen molar-refractivity contribution >= 4 is 14.1 Å². The summed E-state index contributed by atoms with van der Waals surface area (Å²) >= 11 is 0. The van der Waals surface area contributed by atoms with Gasteiger partial charge in [0.15, 0.2) is 8.32 Å². The highest BCUT2D eigenvalue weighted by atomic mass is 28.4. The zero-order valence-corrected chi connectivity index (χ0v) is 12.6. The van der Waals surface area contributed by atoms with Gasteiger partial charge in [-0.25, -0.2) is 0 Å². The smallest absolute Gasteiger partial charge is 0.192 e. The Balaban J connectivity index is 2.02. The van der Waals surface area contributed by atoms with E-state index in [1.54, 1.807) is 0 Å². The molecule has 2 fully saturated rings. The van der Waals surface area contributed by atoms with Crippen LogP contribution in [0.3, 0.4) is 0 Å². The molecular formula is C13H24O3Si. The first kappa shape index (κ1) is 13.2. The summed E-state index contributed by atoms with van der Waals surface area (Å²) in [6.07, 6.45) is 1.70. The molecule has 0 amide bonds. The highest BCUT2D eigenvalue weighted by Crippen LogP contribution is 2.41. The van der Waals surface area contributed by atoms with Crippen LogP contribution in [0, 0.1) is 5.92 Å². The molecule has 0 aromatic carbocycles. The van der Waals surface area contributed by atoms with Crippen molar-refractivity contribution in [1.29, 1.82) is 0 Å². The van der Waals surface area contributed by atoms with Crippen LogP contribution in [0.25, 0.3) is 0 Å². The van der Waals surface area contributed by atoms with E-state index in [2.05, 4.69) is 33.9 Å². The summed E-state index contributed by atoms with van der Waals surface area (Å²) in [6, 6.07) is 0. The van der Waals surface area contributed by atoms with Gasteiger partial charge in [0.25, 0.3) is 0 Å². The van der Waals surface area contributed by atoms with Crippen molar-refractivity contribution in [2.45, 2.75) is 64.0 Å². The predicted octanol–water partition coefficient (Wildman–Crippen LogP) is 2.75. The van der Waals surface area contributed by atoms with Crippen LogP contribution in [0.1, 0.15) is 33.6 Å². The summed E-state index contributed by atoms with van der Waals surface area (Å²) in [5.74, 6) is 0.495. The molecule has 0 aromatic rings. The van der Waals surface area contributed by atoms with Gasteiger partial charge in [0.05, 0.1) is 24.7 Å². The van der Waals surface area contributed by atoms with Crippen LogP contribution in [-0.2, 0) is 14.0 Å². The number of carbonyl (C=O) groups excluding carboxylic acids is 1. The van der Waals surface area contributed by atoms with Crippen LogP contribution >= 0.6 is 0 Å². The van der Waals surface area contributed by atoms with Gasteiger partial charge < -0.3 is 9.16 Å². The van der Waals surface area contributed by atoms with Crippen molar-refractivity contribution in [2.75, 3.05) is 6.61 Å². The molecule has 0 radical (unpaired) electrons. The van der Waals surface area contributed by atoms with Gasteiger partial charge in [0.1, 0.15) is 5.78 Å². The van der Waals surface area contributed by atoms with Crippen molar-refractivity contribution < 1.29 is 14.0 Å². The molecule has 3 nitrogen and oxygen atoms in total. The lowest BCUT2D eigenvalue weighted by atomic mass is 9.80. The maximum absolute atomic E-state index is 11.6. The summed E-state index contributed by atoms with van der Waals surface area (Å²) < 4.78 is 11.9. The maximum Gasteiger partial charge on any atom is 0.192 e. The molecule has 1 aliphatic heterocycles. The molecule has 1 heterocycles. The van der Waals surface area contributed by atoms with Crippen LogP contribution in [-0.4, -0.2) is 32.9 Å². The number of rotatable bonds is 2. The second-order valence-corrected chi connectivity index (χ2v) is 11.6. The SMILES string of the molecule is CC(C)(C)[Si](C)(C)O[C@@H]1CCC(=O)[C@H]2CO[C@H]21. The Morgan fingerprint density at radius 1 is 1.35 bits per heavy atom. The lowest BCUT2D eigenvalue weighted by molar-refractivity contribution is -0.187. The molecule has 17 heavy (non-hydrogen) atoms. The molecule has 3 atom stereocenters. The lowest BCUT2D eigenvalue weighted by Gasteiger charge is -2.48. The average molecular weight is 256 g/mol. The molecule has 0 bridgehead atoms. The minimum Gasteiger partial charge on any atom is -0.411 e. The molecule has 0 aromatic heterocycles. The van der Waals surface area contributed by atoms with Crippen LogP contribution in [0.15, 0.2) is 0 Å². The van der Waals surface area contributed by atoms with E-state index in [4.69, 9.17) is 9.16 Å². The minimum atomic E-state index is -1.74. The highest BCUT2D eigenvalue weighted by molar-refractivity contribution is 6.74. The second-order valence-electron chi connectivity index (χ2n) is 6.83. The first-order valence-electron chi connectivity index (χ1n) is 6.54. The number of hydrogen-bond acceptors (Lipinski definition) is 3. The summed E-state index contributed by atoms with van der Waals surface area (Å²) in [4.78, 5) is 11.6. The van der Waals surface area contributed by atoms with Gasteiger partial charge in [-0.3, -0.25) is 4.79 Å². The van der Waals surface area contributed by atoms with Gasteiger partial charge in [0.2, 0.25) is 0 Å². The molecule has 0 N–H and O–H groups in total. The molecule has 0 unspecified atom stereocenters. The molecule has 2 rings (SSSR count). The number of ketones is 1. The molecule has 1 aliphatic carbocycles. The Kier molecular flexibility index (Phi) is 3.25. The topological polar surface area (TPSA) is 35.5 Å². The zero-order chi connectivity index (χ0) is 12.8. The maximum atomic E-state index is 11.6. The fourth-order valence-electron chi connectivity index (χ4n) is 2.26. The standard InChI is InChI=1S/C13H24O3Si/c1-13(2,3)17(4,5)16-11-7-6-10(14)9-8-15-12(9)11/h9,11-12H,6-8H2,1-5H3/t9-,11-,12-/m1/s1. The molecule has 1 saturated carbocycles. The molecule has 2 aliphatic rings. The molecule has 1 saturated heterocycles. The van der Waals surface area contributed by atoms with Gasteiger partial charge in [-0.15, -0.1) is 0 Å². The average Bonchev–Trinajstić information content (AvgIpc) is 2.07. The van der Waals surface area contributed by atoms with Crippen LogP contribution in [0.4, 0.5) is 0 Å². The third kappa shape index (κ3) is 2.35. The Bertz CT molecular complexity index is 319. The van der Waals surface area contributed by atoms with Crippen LogP contribution in [0.2, 0.25) is 18.1 Å². The van der Waals surface area contributed by atoms with Crippen molar-refractivity contribution in [1.82, 2.24) is 0 Å². The van der Waals surface area contributed by atoms with E-state index < -0.39 is 8.32 Å². The Hall–Kier alpha value is -0.193. The van der Waals surface area contributed by atoms with E-state index in [0.29, 0.717) is 18.8 Å². The Labute approximate surface area is 105 Å². The van der Waals surface area contributed by atoms with Gasteiger partial charge in [0, 0.05) is 6.42 Å². The second kappa shape index (κ2) is 4.18. The summed E-state index contributed by atoms with van der Waals surface area (Å²) in [7, 11) is -1.74. The van der Waals surface area contributed by atoms with Gasteiger partial charge in [-0.1, -0.05) is 20.8 Å². The molecule has 4 heteroatoms. The third-order valence-electron chi connectivity index (χ3n) is 4.57. The summed E-state index contributed by atoms with van der Waals surface area (Å²) in [5, 5.41) is 0.216. The van der Waals surface area contributed by atoms with Crippen molar-refractivity contribution in [3.63, 3.8) is 0 Å². The number of ether oxygens (including phenoxy) is 1. The first-order chi connectivity index (χ1) is 7.72. The van der Waals surface area contributed by atoms with E-state index in [-0.39, 0.29) is 23.2 Å². The van der Waals surface area contributed by atoms with E-state index >= 15 is 0 Å². The fourth-order valence-corrected chi connectivity index (χ4v) is 3.62. The number of fused-ring (bicyclic) bond motifs is 1. The zero-order valence-electron chi connectivity index (χ0n) is 11.6. The normalized spacial score (nSPS) is 34.2. The van der Waals surface area contributed by atoms with Crippen molar-refractivity contribution in [3.05, 3.63) is 0 Å². The fraction of sp³-hybridized carbons (Fsp3) is 0.923. The van der Waals surface area contributed by atoms with Crippen molar-refractivity contribution in [3.8, 4) is 0 Å². The quantitative estimate of drug-likeness (QED) is 0.713. The molecular weight excluding hydrogens is 232 g/mol. The monoisotopic (exact) mass is 256 g/mol. The third-order valence-corrected chi connectivity index (χ3v) is 9.08. The summed E-state index contributed by atoms with van der Waals surface area (Å²) in [6.45, 7) is 11.9. The number of hydrogen-bond donors (Lipinski definition) is 0. The van der Waals surface area contributed by atoms with E-state index in [0.717, 1.165) is 6.42 Å². The molecule has 98 valence electrons. The van der Waals surface area contributed by atoms with Gasteiger partial charge >= 0.3 is 0 Å². The Morgan fingerprint density at radius 2 is 2.00 bits per heavy atom. The van der Waals surface area contributed by atoms with Crippen LogP contribution < -0.4 is 0 Å². The number of Topliss-reactive ketones (excluding diaryl/α,β-unsaturated/α-hetero) is 1. The highest BCUT2D eigenvalue weighted by Gasteiger charge is 2.49. The van der Waals surface area contributed by atoms with E-state index in [9.17, 15) is 4.79 Å². The predicted molar refractivity (Wildman–Crippen MR) is 69.5 cm³/mol. The largest absolute Gasteiger partial charge is 0.411 e. The summed E-state index contributed by atoms with van der Waals surface area (Å²) in [5.41, 5.74) is 0. The lowest BCUT2D eigenvalue weighted by Crippen LogP contribution is -2.59. The molecule has 0 spiro atoms. The van der Waals surface area contributed by atoms with Crippen molar-refractivity contribution in [2.24, 2.45) is 5.92 Å². The Morgan fingerprint density at radius 3 is 2.47 bits per heavy atom. The van der Waals surface area contributed by atoms with Gasteiger partial charge in [-0.2, -0.15) is 0 Å². The van der Waals surface area contributed by atoms with Gasteiger partial charge in [-0.05, 0) is 24.6 Å². The first-order valence-corrected chi connectivity index (χ1v) is 9.45. The number of carbonyl (C=O) groups is 1.